The van der Waals surface area contributed by atoms with E-state index in [2.05, 4.69) is 0 Å². The van der Waals surface area contributed by atoms with Gasteiger partial charge in [0.05, 0.1) is 13.1 Å². The minimum Gasteiger partial charge on any atom is -0.302 e. The summed E-state index contributed by atoms with van der Waals surface area (Å²) in [5.74, 6) is -0.875. The highest BCUT2D eigenvalue weighted by Crippen LogP contribution is 2.13. The standard InChI is InChI=1S/C12H13F4NO/c1-8-2-3-10(13)4-9(8)5-11(18)6-17-7-12(14,15)16/h2-4,17H,5-7H2,1H3. The number of carbonyl (C=O) groups is 1. The smallest absolute Gasteiger partial charge is 0.302 e. The third kappa shape index (κ3) is 5.27. The second-order valence-electron chi connectivity index (χ2n) is 4.00. The fourth-order valence-corrected chi connectivity index (χ4v) is 1.45. The first-order chi connectivity index (χ1) is 8.28. The average molecular weight is 263 g/mol. The Bertz CT molecular complexity index is 429. The molecule has 0 aliphatic heterocycles. The predicted molar refractivity (Wildman–Crippen MR) is 58.8 cm³/mol. The summed E-state index contributed by atoms with van der Waals surface area (Å²) in [6.45, 7) is 0.127. The predicted octanol–water partition coefficient (Wildman–Crippen LogP) is 2.40. The highest BCUT2D eigenvalue weighted by Gasteiger charge is 2.26. The van der Waals surface area contributed by atoms with E-state index in [0.717, 1.165) is 5.56 Å². The lowest BCUT2D eigenvalue weighted by Crippen LogP contribution is -2.33. The van der Waals surface area contributed by atoms with Crippen LogP contribution in [-0.4, -0.2) is 25.0 Å². The van der Waals surface area contributed by atoms with Gasteiger partial charge in [0.25, 0.3) is 0 Å². The monoisotopic (exact) mass is 263 g/mol. The van der Waals surface area contributed by atoms with Gasteiger partial charge >= 0.3 is 6.18 Å². The molecule has 6 heteroatoms. The van der Waals surface area contributed by atoms with Crippen LogP contribution in [0.5, 0.6) is 0 Å². The molecule has 0 bridgehead atoms. The van der Waals surface area contributed by atoms with Crippen molar-refractivity contribution >= 4 is 5.78 Å². The highest BCUT2D eigenvalue weighted by molar-refractivity contribution is 5.83. The maximum atomic E-state index is 12.9. The number of Topliss-reactive ketones (excluding diaryl/α,β-unsaturated/α-hetero) is 1. The molecule has 18 heavy (non-hydrogen) atoms. The first-order valence-corrected chi connectivity index (χ1v) is 5.32. The van der Waals surface area contributed by atoms with Crippen molar-refractivity contribution in [3.8, 4) is 0 Å². The Kier molecular flexibility index (Phi) is 4.84. The summed E-state index contributed by atoms with van der Waals surface area (Å²) in [5, 5.41) is 2.01. The third-order valence-electron chi connectivity index (χ3n) is 2.35. The number of benzene rings is 1. The fourth-order valence-electron chi connectivity index (χ4n) is 1.45. The zero-order valence-electron chi connectivity index (χ0n) is 9.77. The van der Waals surface area contributed by atoms with Crippen LogP contribution in [0, 0.1) is 12.7 Å². The number of rotatable bonds is 5. The van der Waals surface area contributed by atoms with Crippen molar-refractivity contribution in [2.75, 3.05) is 13.1 Å². The molecule has 0 saturated heterocycles. The molecule has 100 valence electrons. The topological polar surface area (TPSA) is 29.1 Å². The van der Waals surface area contributed by atoms with Gasteiger partial charge in [0.15, 0.2) is 5.78 Å². The second kappa shape index (κ2) is 5.95. The largest absolute Gasteiger partial charge is 0.401 e. The molecule has 1 rings (SSSR count). The summed E-state index contributed by atoms with van der Waals surface area (Å²) in [7, 11) is 0. The second-order valence-corrected chi connectivity index (χ2v) is 4.00. The lowest BCUT2D eigenvalue weighted by molar-refractivity contribution is -0.127. The molecule has 0 aliphatic carbocycles. The number of hydrogen-bond acceptors (Lipinski definition) is 2. The Morgan fingerprint density at radius 2 is 2.00 bits per heavy atom. The first-order valence-electron chi connectivity index (χ1n) is 5.32. The molecule has 0 unspecified atom stereocenters. The summed E-state index contributed by atoms with van der Waals surface area (Å²) in [6, 6.07) is 4.02. The Morgan fingerprint density at radius 3 is 2.61 bits per heavy atom. The molecule has 0 aliphatic rings. The molecule has 0 atom stereocenters. The lowest BCUT2D eigenvalue weighted by atomic mass is 10.0. The van der Waals surface area contributed by atoms with E-state index >= 15 is 0 Å². The third-order valence-corrected chi connectivity index (χ3v) is 2.35. The van der Waals surface area contributed by atoms with Gasteiger partial charge in [-0.05, 0) is 30.2 Å². The van der Waals surface area contributed by atoms with Crippen LogP contribution >= 0.6 is 0 Å². The molecule has 2 nitrogen and oxygen atoms in total. The maximum absolute atomic E-state index is 12.9. The maximum Gasteiger partial charge on any atom is 0.401 e. The minimum atomic E-state index is -4.34. The van der Waals surface area contributed by atoms with Gasteiger partial charge in [-0.25, -0.2) is 4.39 Å². The number of halogens is 4. The minimum absolute atomic E-state index is 0.0749. The van der Waals surface area contributed by atoms with Crippen LogP contribution in [0.3, 0.4) is 0 Å². The highest BCUT2D eigenvalue weighted by atomic mass is 19.4. The SMILES string of the molecule is Cc1ccc(F)cc1CC(=O)CNCC(F)(F)F. The zero-order valence-corrected chi connectivity index (χ0v) is 9.77. The number of aryl methyl sites for hydroxylation is 1. The number of hydrogen-bond donors (Lipinski definition) is 1. The number of ketones is 1. The summed E-state index contributed by atoms with van der Waals surface area (Å²) < 4.78 is 48.4. The fraction of sp³-hybridized carbons (Fsp3) is 0.417. The van der Waals surface area contributed by atoms with E-state index in [1.54, 1.807) is 6.92 Å². The van der Waals surface area contributed by atoms with Gasteiger partial charge in [-0.2, -0.15) is 13.2 Å². The molecule has 1 aromatic carbocycles. The number of alkyl halides is 3. The Hall–Kier alpha value is -1.43. The molecule has 1 aromatic rings. The normalized spacial score (nSPS) is 11.6. The van der Waals surface area contributed by atoms with Gasteiger partial charge in [0, 0.05) is 6.42 Å². The molecule has 0 saturated carbocycles. The van der Waals surface area contributed by atoms with E-state index in [1.807, 2.05) is 5.32 Å². The molecule has 1 N–H and O–H groups in total. The number of carbonyl (C=O) groups excluding carboxylic acids is 1. The van der Waals surface area contributed by atoms with Gasteiger partial charge in [0.2, 0.25) is 0 Å². The van der Waals surface area contributed by atoms with E-state index in [1.165, 1.54) is 18.2 Å². The lowest BCUT2D eigenvalue weighted by Gasteiger charge is -2.08. The van der Waals surface area contributed by atoms with E-state index < -0.39 is 24.3 Å². The summed E-state index contributed by atoms with van der Waals surface area (Å²) in [6.07, 6.45) is -4.41. The van der Waals surface area contributed by atoms with Crippen LogP contribution in [0.2, 0.25) is 0 Å². The summed E-state index contributed by atoms with van der Waals surface area (Å²) in [4.78, 5) is 11.4. The van der Waals surface area contributed by atoms with Crippen LogP contribution in [-0.2, 0) is 11.2 Å². The summed E-state index contributed by atoms with van der Waals surface area (Å²) in [5.41, 5.74) is 1.23. The van der Waals surface area contributed by atoms with E-state index in [4.69, 9.17) is 0 Å². The van der Waals surface area contributed by atoms with Gasteiger partial charge in [0.1, 0.15) is 5.82 Å². The van der Waals surface area contributed by atoms with Gasteiger partial charge < -0.3 is 5.32 Å². The van der Waals surface area contributed by atoms with Gasteiger partial charge in [-0.1, -0.05) is 6.07 Å². The molecule has 0 aromatic heterocycles. The van der Waals surface area contributed by atoms with Crippen molar-refractivity contribution in [2.24, 2.45) is 0 Å². The van der Waals surface area contributed by atoms with Gasteiger partial charge in [-0.3, -0.25) is 4.79 Å². The van der Waals surface area contributed by atoms with Crippen molar-refractivity contribution in [1.82, 2.24) is 5.32 Å². The van der Waals surface area contributed by atoms with Crippen LogP contribution in [0.1, 0.15) is 11.1 Å². The van der Waals surface area contributed by atoms with Crippen LogP contribution in [0.15, 0.2) is 18.2 Å². The quantitative estimate of drug-likeness (QED) is 0.826. The van der Waals surface area contributed by atoms with E-state index in [9.17, 15) is 22.4 Å². The van der Waals surface area contributed by atoms with Gasteiger partial charge in [-0.15, -0.1) is 0 Å². The zero-order chi connectivity index (χ0) is 13.8. The molecular formula is C12H13F4NO. The van der Waals surface area contributed by atoms with Crippen LogP contribution in [0.4, 0.5) is 17.6 Å². The summed E-state index contributed by atoms with van der Waals surface area (Å²) >= 11 is 0. The van der Waals surface area contributed by atoms with Crippen LogP contribution < -0.4 is 5.32 Å². The Morgan fingerprint density at radius 1 is 1.33 bits per heavy atom. The van der Waals surface area contributed by atoms with Crippen LogP contribution in [0.25, 0.3) is 0 Å². The van der Waals surface area contributed by atoms with E-state index in [-0.39, 0.29) is 13.0 Å². The van der Waals surface area contributed by atoms with Crippen molar-refractivity contribution in [1.29, 1.82) is 0 Å². The molecule has 0 fully saturated rings. The average Bonchev–Trinajstić information content (AvgIpc) is 2.21. The van der Waals surface area contributed by atoms with Crippen molar-refractivity contribution in [3.05, 3.63) is 35.1 Å². The van der Waals surface area contributed by atoms with Crippen molar-refractivity contribution in [2.45, 2.75) is 19.5 Å². The molecule has 0 radical (unpaired) electrons. The Labute approximate surface area is 102 Å². The molecule has 0 amide bonds. The molecule has 0 heterocycles. The number of nitrogens with one attached hydrogen (secondary N) is 1. The first kappa shape index (κ1) is 14.6. The molecule has 0 spiro atoms. The van der Waals surface area contributed by atoms with E-state index in [0.29, 0.717) is 5.56 Å². The van der Waals surface area contributed by atoms with Crippen molar-refractivity contribution in [3.63, 3.8) is 0 Å². The Balaban J connectivity index is 2.47. The van der Waals surface area contributed by atoms with Crippen molar-refractivity contribution < 1.29 is 22.4 Å². The molecular weight excluding hydrogens is 250 g/mol.